The maximum absolute atomic E-state index is 12.1. The van der Waals surface area contributed by atoms with Gasteiger partial charge in [-0.3, -0.25) is 0 Å². The smallest absolute Gasteiger partial charge is 0.744 e. The van der Waals surface area contributed by atoms with E-state index in [1.54, 1.807) is 0 Å². The number of nitrogens with one attached hydrogen (secondary N) is 1. The molecule has 5 aromatic rings. The van der Waals surface area contributed by atoms with Crippen LogP contribution >= 0.6 is 11.6 Å². The molecule has 21 nitrogen and oxygen atoms in total. The van der Waals surface area contributed by atoms with Crippen molar-refractivity contribution < 1.29 is 175 Å². The van der Waals surface area contributed by atoms with E-state index in [1.807, 2.05) is 0 Å². The Morgan fingerprint density at radius 3 is 1.77 bits per heavy atom. The van der Waals surface area contributed by atoms with Crippen molar-refractivity contribution >= 4 is 109 Å². The molecule has 276 valence electrons. The van der Waals surface area contributed by atoms with Crippen molar-refractivity contribution in [3.8, 4) is 0 Å². The zero-order chi connectivity index (χ0) is 39.1. The fourth-order valence-corrected chi connectivity index (χ4v) is 7.08. The second-order valence-corrected chi connectivity index (χ2v) is 16.1. The summed E-state index contributed by atoms with van der Waals surface area (Å²) in [6, 6.07) is 10.5. The largest absolute Gasteiger partial charge is 1.00 e. The van der Waals surface area contributed by atoms with Crippen molar-refractivity contribution in [3.05, 3.63) is 72.0 Å². The molecule has 4 aromatic carbocycles. The second kappa shape index (κ2) is 21.0. The van der Waals surface area contributed by atoms with Crippen LogP contribution in [0.3, 0.4) is 0 Å². The third-order valence-corrected chi connectivity index (χ3v) is 10.4. The number of hydrogen-bond donors (Lipinski definition) is 1. The van der Waals surface area contributed by atoms with E-state index in [0.717, 1.165) is 12.1 Å². The molecule has 0 aliphatic carbocycles. The number of carbonyl (C=O) groups excluding carboxylic acids is 1. The van der Waals surface area contributed by atoms with E-state index >= 15 is 0 Å². The molecule has 0 unspecified atom stereocenters. The standard InChI is InChI=1S/C27H19ClN8O13S4.4Na/c1-36(16-3-5-17(6-4-16)50(38,39)40)27-32-25(28)31-26(33-27)30-15-2-7-20(21(10-15)29-13-37)34-35-22-12-19-14(9-24(22)53(47,48)49)8-18(51(41,42)43)11-23(19)52(44,45)46;;;;/h2-12H,1H3,(H,38,39,40)(H,41,42,43)(H,44,45,46)(H,47,48,49)(H,30,31,32,33);;;;/q;4*+1/p-4. The Balaban J connectivity index is 0.00000406. The normalized spacial score (nSPS) is 11.6. The summed E-state index contributed by atoms with van der Waals surface area (Å²) in [6.07, 6.45) is 1.28. The van der Waals surface area contributed by atoms with Gasteiger partial charge >= 0.3 is 118 Å². The molecule has 5 rings (SSSR count). The first-order valence-corrected chi connectivity index (χ1v) is 19.7. The van der Waals surface area contributed by atoms with Crippen molar-refractivity contribution in [2.24, 2.45) is 15.2 Å². The quantitative estimate of drug-likeness (QED) is 0.0423. The third-order valence-electron chi connectivity index (χ3n) is 6.87. The molecule has 1 N–H and O–H groups in total. The third kappa shape index (κ3) is 13.6. The summed E-state index contributed by atoms with van der Waals surface area (Å²) in [5.41, 5.74) is -0.843. The number of anilines is 4. The number of aromatic nitrogens is 3. The van der Waals surface area contributed by atoms with Crippen LogP contribution < -0.4 is 128 Å². The van der Waals surface area contributed by atoms with E-state index in [0.29, 0.717) is 23.9 Å². The maximum atomic E-state index is 12.1. The molecule has 0 bridgehead atoms. The van der Waals surface area contributed by atoms with Gasteiger partial charge in [0.15, 0.2) is 0 Å². The minimum atomic E-state index is -5.49. The monoisotopic (exact) mass is 914 g/mol. The molecule has 0 saturated heterocycles. The van der Waals surface area contributed by atoms with E-state index in [2.05, 4.69) is 35.5 Å². The molecule has 1 heterocycles. The fraction of sp³-hybridized carbons (Fsp3) is 0.0370. The van der Waals surface area contributed by atoms with Crippen LogP contribution in [0.5, 0.6) is 0 Å². The molecule has 0 amide bonds. The number of rotatable bonds is 11. The summed E-state index contributed by atoms with van der Waals surface area (Å²) in [6.45, 7) is 0. The molecule has 0 spiro atoms. The minimum Gasteiger partial charge on any atom is -0.744 e. The molecule has 0 fully saturated rings. The summed E-state index contributed by atoms with van der Waals surface area (Å²) >= 11 is 6.08. The first-order valence-electron chi connectivity index (χ1n) is 13.7. The molecule has 30 heteroatoms. The molecule has 0 atom stereocenters. The van der Waals surface area contributed by atoms with Crippen molar-refractivity contribution in [2.75, 3.05) is 17.3 Å². The van der Waals surface area contributed by atoms with Gasteiger partial charge in [-0.1, -0.05) is 0 Å². The number of aliphatic imine (C=N–C) groups is 1. The number of fused-ring (bicyclic) bond motifs is 1. The van der Waals surface area contributed by atoms with Crippen LogP contribution in [0.15, 0.2) is 102 Å². The van der Waals surface area contributed by atoms with E-state index in [1.165, 1.54) is 48.4 Å². The number of halogens is 1. The van der Waals surface area contributed by atoms with Gasteiger partial charge in [0, 0.05) is 23.8 Å². The van der Waals surface area contributed by atoms with E-state index < -0.39 is 76.5 Å². The number of benzene rings is 4. The average molecular weight is 915 g/mol. The van der Waals surface area contributed by atoms with Crippen molar-refractivity contribution in [3.63, 3.8) is 0 Å². The SMILES string of the molecule is CN(c1ccc(S(=O)(=O)[O-])cc1)c1nc(Cl)nc(Nc2ccc(N=Nc3cc4c(S(=O)(=O)[O-])cc(S(=O)(=O)[O-])cc4cc3S(=O)(=O)[O-])c(N=C=O)c2)n1.[Na+].[Na+].[Na+].[Na+]. The molecule has 57 heavy (non-hydrogen) atoms. The van der Waals surface area contributed by atoms with E-state index in [4.69, 9.17) is 11.6 Å². The Bertz CT molecular complexity index is 2870. The molecule has 1 aromatic heterocycles. The number of nitrogens with zero attached hydrogens (tertiary/aromatic N) is 7. The maximum Gasteiger partial charge on any atom is 1.00 e. The van der Waals surface area contributed by atoms with Crippen LogP contribution in [0.25, 0.3) is 10.8 Å². The van der Waals surface area contributed by atoms with E-state index in [-0.39, 0.29) is 159 Å². The Morgan fingerprint density at radius 1 is 0.649 bits per heavy atom. The molecule has 0 saturated carbocycles. The molecular weight excluding hydrogens is 900 g/mol. The van der Waals surface area contributed by atoms with Crippen molar-refractivity contribution in [2.45, 2.75) is 19.6 Å². The van der Waals surface area contributed by atoms with Gasteiger partial charge in [0.25, 0.3) is 0 Å². The van der Waals surface area contributed by atoms with Gasteiger partial charge in [0.2, 0.25) is 23.3 Å². The molecule has 0 radical (unpaired) electrons. The van der Waals surface area contributed by atoms with Crippen LogP contribution in [-0.2, 0) is 45.3 Å². The number of isocyanates is 1. The molecular formula is C27H15ClN8Na4O13S4. The topological polar surface area (TPSA) is 337 Å². The van der Waals surface area contributed by atoms with Gasteiger partial charge < -0.3 is 28.4 Å². The summed E-state index contributed by atoms with van der Waals surface area (Å²) < 4.78 is 141. The predicted octanol–water partition coefficient (Wildman–Crippen LogP) is -8.80. The van der Waals surface area contributed by atoms with Gasteiger partial charge in [-0.2, -0.15) is 19.9 Å². The zero-order valence-electron chi connectivity index (χ0n) is 29.8. The van der Waals surface area contributed by atoms with Gasteiger partial charge in [-0.15, -0.1) is 10.2 Å². The Labute approximate surface area is 417 Å². The first kappa shape index (κ1) is 53.7. The Hall–Kier alpha value is -1.34. The van der Waals surface area contributed by atoms with Crippen molar-refractivity contribution in [1.82, 2.24) is 15.0 Å². The van der Waals surface area contributed by atoms with Gasteiger partial charge in [0.1, 0.15) is 57.5 Å². The summed E-state index contributed by atoms with van der Waals surface area (Å²) in [7, 11) is -19.5. The van der Waals surface area contributed by atoms with Gasteiger partial charge in [-0.05, 0) is 83.7 Å². The van der Waals surface area contributed by atoms with Crippen molar-refractivity contribution in [1.29, 1.82) is 0 Å². The first-order chi connectivity index (χ1) is 24.5. The van der Waals surface area contributed by atoms with Gasteiger partial charge in [0.05, 0.1) is 19.6 Å². The number of hydrogen-bond acceptors (Lipinski definition) is 21. The van der Waals surface area contributed by atoms with Crippen LogP contribution in [0.1, 0.15) is 0 Å². The summed E-state index contributed by atoms with van der Waals surface area (Å²) in [5.74, 6) is -0.195. The van der Waals surface area contributed by atoms with Crippen LogP contribution in [-0.4, -0.2) is 80.0 Å². The van der Waals surface area contributed by atoms with Crippen LogP contribution in [0.4, 0.5) is 40.3 Å². The van der Waals surface area contributed by atoms with E-state index in [9.17, 15) is 56.7 Å². The zero-order valence-corrected chi connectivity index (χ0v) is 41.8. The van der Waals surface area contributed by atoms with Gasteiger partial charge in [-0.25, -0.2) is 38.5 Å². The molecule has 0 aliphatic heterocycles. The summed E-state index contributed by atoms with van der Waals surface area (Å²) in [5, 5.41) is 8.78. The Morgan fingerprint density at radius 2 is 1.23 bits per heavy atom. The fourth-order valence-electron chi connectivity index (χ4n) is 4.51. The second-order valence-electron chi connectivity index (χ2n) is 10.3. The average Bonchev–Trinajstić information content (AvgIpc) is 3.05. The Kier molecular flexibility index (Phi) is 19.7. The summed E-state index contributed by atoms with van der Waals surface area (Å²) in [4.78, 5) is 24.3. The van der Waals surface area contributed by atoms with Crippen LogP contribution in [0, 0.1) is 0 Å². The molecule has 0 aliphatic rings. The van der Waals surface area contributed by atoms with Crippen LogP contribution in [0.2, 0.25) is 5.28 Å². The predicted molar refractivity (Wildman–Crippen MR) is 177 cm³/mol. The number of azo groups is 1. The minimum absolute atomic E-state index is 0.